The topological polar surface area (TPSA) is 97.0 Å². The van der Waals surface area contributed by atoms with Gasteiger partial charge in [-0.3, -0.25) is 14.5 Å². The molecule has 1 fully saturated rings. The van der Waals surface area contributed by atoms with E-state index in [1.165, 1.54) is 4.90 Å². The van der Waals surface area contributed by atoms with E-state index >= 15 is 0 Å². The molecule has 0 spiro atoms. The molecular formula is C31H46N4O3. The lowest BCUT2D eigenvalue weighted by Gasteiger charge is -2.38. The van der Waals surface area contributed by atoms with Gasteiger partial charge in [0.25, 0.3) is 0 Å². The molecule has 1 aliphatic carbocycles. The summed E-state index contributed by atoms with van der Waals surface area (Å²) in [5.41, 5.74) is 6.23. The van der Waals surface area contributed by atoms with Gasteiger partial charge in [-0.25, -0.2) is 4.99 Å². The first-order valence-corrected chi connectivity index (χ1v) is 13.3. The van der Waals surface area contributed by atoms with E-state index < -0.39 is 5.54 Å². The molecule has 7 nitrogen and oxygen atoms in total. The Balaban J connectivity index is 0.000000709. The summed E-state index contributed by atoms with van der Waals surface area (Å²) in [7, 11) is 0. The Morgan fingerprint density at radius 3 is 2.45 bits per heavy atom. The van der Waals surface area contributed by atoms with Crippen LogP contribution in [0.25, 0.3) is 0 Å². The summed E-state index contributed by atoms with van der Waals surface area (Å²) in [6.45, 7) is 17.7. The van der Waals surface area contributed by atoms with E-state index in [2.05, 4.69) is 29.7 Å². The van der Waals surface area contributed by atoms with E-state index in [-0.39, 0.29) is 41.3 Å². The number of guanidine groups is 1. The fraction of sp³-hybridized carbons (Fsp3) is 0.516. The summed E-state index contributed by atoms with van der Waals surface area (Å²) in [6, 6.07) is 7.78. The summed E-state index contributed by atoms with van der Waals surface area (Å²) in [5.74, 6) is 1.13. The van der Waals surface area contributed by atoms with Gasteiger partial charge in [0.15, 0.2) is 5.96 Å². The molecule has 208 valence electrons. The van der Waals surface area contributed by atoms with E-state index in [0.29, 0.717) is 19.4 Å². The zero-order valence-corrected chi connectivity index (χ0v) is 24.2. The van der Waals surface area contributed by atoms with Gasteiger partial charge in [-0.05, 0) is 53.0 Å². The monoisotopic (exact) mass is 522 g/mol. The molecule has 7 heteroatoms. The second-order valence-electron chi connectivity index (χ2n) is 10.5. The number of nitrogens with two attached hydrogens (primary N) is 1. The number of ether oxygens (including phenoxy) is 1. The van der Waals surface area contributed by atoms with Crippen LogP contribution >= 0.6 is 0 Å². The molecule has 1 unspecified atom stereocenters. The SMILES string of the molecule is C#C.C=C/C=C\C.CC.CC1(C)CC(=O)N(C[C@H]2CC2C(=O)N[C@H]2CC(C)(C)Oc3ccccc32)C(N)=N1. The molecule has 1 aromatic rings. The van der Waals surface area contributed by atoms with Gasteiger partial charge in [0.1, 0.15) is 11.4 Å². The number of terminal acetylenes is 1. The smallest absolute Gasteiger partial charge is 0.231 e. The lowest BCUT2D eigenvalue weighted by atomic mass is 9.89. The van der Waals surface area contributed by atoms with Gasteiger partial charge in [-0.2, -0.15) is 0 Å². The molecule has 2 aliphatic heterocycles. The molecule has 2 amide bonds. The van der Waals surface area contributed by atoms with Gasteiger partial charge in [0, 0.05) is 24.4 Å². The predicted molar refractivity (Wildman–Crippen MR) is 157 cm³/mol. The van der Waals surface area contributed by atoms with Crippen LogP contribution in [0.5, 0.6) is 5.75 Å². The first-order valence-electron chi connectivity index (χ1n) is 13.3. The third-order valence-corrected chi connectivity index (χ3v) is 6.28. The molecule has 0 aromatic heterocycles. The molecule has 38 heavy (non-hydrogen) atoms. The highest BCUT2D eigenvalue weighted by molar-refractivity contribution is 5.99. The summed E-state index contributed by atoms with van der Waals surface area (Å²) >= 11 is 0. The van der Waals surface area contributed by atoms with Crippen LogP contribution < -0.4 is 15.8 Å². The molecule has 4 rings (SSSR count). The van der Waals surface area contributed by atoms with Crippen LogP contribution in [-0.4, -0.2) is 40.4 Å². The van der Waals surface area contributed by atoms with Gasteiger partial charge in [-0.15, -0.1) is 12.8 Å². The normalized spacial score (nSPS) is 23.8. The summed E-state index contributed by atoms with van der Waals surface area (Å²) in [6.07, 6.45) is 15.4. The van der Waals surface area contributed by atoms with Crippen molar-refractivity contribution in [3.8, 4) is 18.6 Å². The van der Waals surface area contributed by atoms with Crippen LogP contribution in [0, 0.1) is 24.7 Å². The minimum Gasteiger partial charge on any atom is -0.487 e. The number of benzene rings is 1. The average molecular weight is 523 g/mol. The Bertz CT molecular complexity index is 1040. The van der Waals surface area contributed by atoms with Crippen molar-refractivity contribution in [3.05, 3.63) is 54.6 Å². The second-order valence-corrected chi connectivity index (χ2v) is 10.5. The number of hydrogen-bond donors (Lipinski definition) is 2. The summed E-state index contributed by atoms with van der Waals surface area (Å²) in [4.78, 5) is 31.3. The van der Waals surface area contributed by atoms with Crippen molar-refractivity contribution in [2.75, 3.05) is 6.54 Å². The Kier molecular flexibility index (Phi) is 12.3. The number of carbonyl (C=O) groups is 2. The Labute approximate surface area is 229 Å². The Morgan fingerprint density at radius 1 is 1.26 bits per heavy atom. The predicted octanol–water partition coefficient (Wildman–Crippen LogP) is 5.39. The molecule has 0 saturated heterocycles. The molecular weight excluding hydrogens is 476 g/mol. The fourth-order valence-corrected chi connectivity index (χ4v) is 4.55. The number of rotatable bonds is 5. The van der Waals surface area contributed by atoms with Gasteiger partial charge in [-0.1, -0.05) is 56.9 Å². The summed E-state index contributed by atoms with van der Waals surface area (Å²) in [5, 5.41) is 3.21. The zero-order chi connectivity index (χ0) is 29.1. The van der Waals surface area contributed by atoms with Crippen LogP contribution in [-0.2, 0) is 9.59 Å². The quantitative estimate of drug-likeness (QED) is 0.400. The number of amides is 2. The van der Waals surface area contributed by atoms with Gasteiger partial charge >= 0.3 is 0 Å². The van der Waals surface area contributed by atoms with Crippen molar-refractivity contribution >= 4 is 17.8 Å². The first-order chi connectivity index (χ1) is 18.0. The molecule has 1 saturated carbocycles. The number of hydrogen-bond acceptors (Lipinski definition) is 5. The maximum absolute atomic E-state index is 12.9. The Morgan fingerprint density at radius 2 is 1.89 bits per heavy atom. The van der Waals surface area contributed by atoms with E-state index in [4.69, 9.17) is 10.5 Å². The van der Waals surface area contributed by atoms with Gasteiger partial charge in [0.05, 0.1) is 18.0 Å². The minimum absolute atomic E-state index is 0.0198. The second kappa shape index (κ2) is 14.4. The van der Waals surface area contributed by atoms with Crippen molar-refractivity contribution < 1.29 is 14.3 Å². The fourth-order valence-electron chi connectivity index (χ4n) is 4.55. The number of fused-ring (bicyclic) bond motifs is 1. The number of nitrogens with one attached hydrogen (secondary N) is 1. The molecule has 2 heterocycles. The maximum atomic E-state index is 12.9. The van der Waals surface area contributed by atoms with Crippen LogP contribution in [0.2, 0.25) is 0 Å². The van der Waals surface area contributed by atoms with E-state index in [9.17, 15) is 9.59 Å². The molecule has 3 aliphatic rings. The molecule has 0 bridgehead atoms. The van der Waals surface area contributed by atoms with Crippen molar-refractivity contribution in [3.63, 3.8) is 0 Å². The lowest BCUT2D eigenvalue weighted by Crippen LogP contribution is -2.50. The number of aliphatic imine (C=N–C) groups is 1. The number of allylic oxidation sites excluding steroid dienone is 3. The van der Waals surface area contributed by atoms with Crippen molar-refractivity contribution in [2.24, 2.45) is 22.6 Å². The van der Waals surface area contributed by atoms with E-state index in [1.807, 2.05) is 84.9 Å². The van der Waals surface area contributed by atoms with Gasteiger partial charge in [0.2, 0.25) is 11.8 Å². The molecule has 3 N–H and O–H groups in total. The minimum atomic E-state index is -0.457. The molecule has 1 aromatic carbocycles. The average Bonchev–Trinajstić information content (AvgIpc) is 3.63. The van der Waals surface area contributed by atoms with Crippen molar-refractivity contribution in [1.29, 1.82) is 0 Å². The maximum Gasteiger partial charge on any atom is 0.231 e. The zero-order valence-electron chi connectivity index (χ0n) is 24.2. The standard InChI is InChI=1S/C22H30N4O3.C5H8.C2H6.C2H2/c1-21(2)11-18(27)26(20(23)25-21)12-13-9-15(13)19(28)24-16-10-22(3,4)29-17-8-6-5-7-14(16)17;1-3-5-4-2;2*1-2/h5-8,13,15-16H,9-12H2,1-4H3,(H2,23,25)(H,24,28);3-5H,1H2,2H3;1-2H3;1-2H/b;5-4-;;/t13-,15?,16+;;;/m1.../s1. The van der Waals surface area contributed by atoms with Gasteiger partial charge < -0.3 is 15.8 Å². The van der Waals surface area contributed by atoms with Crippen LogP contribution in [0.4, 0.5) is 0 Å². The highest BCUT2D eigenvalue weighted by atomic mass is 16.5. The third kappa shape index (κ3) is 9.09. The Hall–Kier alpha value is -3.53. The first kappa shape index (κ1) is 32.5. The molecule has 3 atom stereocenters. The molecule has 0 radical (unpaired) electrons. The third-order valence-electron chi connectivity index (χ3n) is 6.28. The highest BCUT2D eigenvalue weighted by Gasteiger charge is 2.47. The van der Waals surface area contributed by atoms with Crippen LogP contribution in [0.3, 0.4) is 0 Å². The number of carbonyl (C=O) groups excluding carboxylic acids is 2. The van der Waals surface area contributed by atoms with Crippen molar-refractivity contribution in [2.45, 2.75) is 84.9 Å². The lowest BCUT2D eigenvalue weighted by molar-refractivity contribution is -0.130. The van der Waals surface area contributed by atoms with Crippen LogP contribution in [0.1, 0.15) is 79.3 Å². The summed E-state index contributed by atoms with van der Waals surface area (Å²) < 4.78 is 6.05. The van der Waals surface area contributed by atoms with E-state index in [1.54, 1.807) is 6.08 Å². The number of nitrogens with zero attached hydrogens (tertiary/aromatic N) is 2. The highest BCUT2D eigenvalue weighted by Crippen LogP contribution is 2.43. The number of para-hydroxylation sites is 1. The largest absolute Gasteiger partial charge is 0.487 e. The van der Waals surface area contributed by atoms with Crippen molar-refractivity contribution in [1.82, 2.24) is 10.2 Å². The van der Waals surface area contributed by atoms with Crippen LogP contribution in [0.15, 0.2) is 54.1 Å². The van der Waals surface area contributed by atoms with E-state index in [0.717, 1.165) is 17.7 Å².